The topological polar surface area (TPSA) is 105 Å². The second-order valence-corrected chi connectivity index (χ2v) is 34.8. The molecule has 0 rings (SSSR count). The Bertz CT molecular complexity index is 1800. The molecule has 0 radical (unpaired) electrons. The highest BCUT2D eigenvalue weighted by Crippen LogP contribution is 2.38. The van der Waals surface area contributed by atoms with Crippen LogP contribution < -0.4 is 0 Å². The highest BCUT2D eigenvalue weighted by atomic mass is 16.5. The molecule has 0 N–H and O–H groups in total. The SMILES string of the molecule is CC(=O)OCCC(C)CCCC(C)CCCC(C)CCCC(C)CCC(CCCC(C)CCCC(C)CCCC(C)CCOC(C)=O)CC(CCC(C)CCCC(C)CCCC(C)CCOC(C)=O)C(C)CCC(C)CCCC(C)CCCC(C)CCCC(C)CCOC(C)=O. The van der Waals surface area contributed by atoms with Crippen molar-refractivity contribution in [3.05, 3.63) is 0 Å². The summed E-state index contributed by atoms with van der Waals surface area (Å²) in [5.41, 5.74) is 0. The average molecular weight is 1360 g/mol. The second kappa shape index (κ2) is 61.5. The van der Waals surface area contributed by atoms with Gasteiger partial charge in [-0.05, 0) is 139 Å². The number of esters is 4. The summed E-state index contributed by atoms with van der Waals surface area (Å²) < 4.78 is 20.8. The molecule has 0 bridgehead atoms. The largest absolute Gasteiger partial charge is 0.466 e. The predicted molar refractivity (Wildman–Crippen MR) is 414 cm³/mol. The van der Waals surface area contributed by atoms with E-state index in [-0.39, 0.29) is 23.9 Å². The summed E-state index contributed by atoms with van der Waals surface area (Å²) in [6.07, 6.45) is 58.0. The van der Waals surface area contributed by atoms with Crippen LogP contribution in [0.1, 0.15) is 414 Å². The maximum atomic E-state index is 11.3. The lowest BCUT2D eigenvalue weighted by atomic mass is 9.75. The smallest absolute Gasteiger partial charge is 0.302 e. The van der Waals surface area contributed by atoms with Crippen LogP contribution in [0.4, 0.5) is 0 Å². The van der Waals surface area contributed by atoms with Gasteiger partial charge in [-0.2, -0.15) is 0 Å². The average Bonchev–Trinajstić information content (AvgIpc) is 1.34. The van der Waals surface area contributed by atoms with E-state index in [1.165, 1.54) is 285 Å². The molecule has 8 heteroatoms. The first-order valence-electron chi connectivity index (χ1n) is 42.2. The third-order valence-corrected chi connectivity index (χ3v) is 23.6. The Morgan fingerprint density at radius 1 is 0.198 bits per heavy atom. The van der Waals surface area contributed by atoms with Gasteiger partial charge < -0.3 is 18.9 Å². The van der Waals surface area contributed by atoms with Crippen molar-refractivity contribution in [1.29, 1.82) is 0 Å². The van der Waals surface area contributed by atoms with Crippen LogP contribution in [0, 0.1) is 101 Å². The van der Waals surface area contributed by atoms with E-state index in [4.69, 9.17) is 18.9 Å². The van der Waals surface area contributed by atoms with Crippen molar-refractivity contribution in [3.8, 4) is 0 Å². The van der Waals surface area contributed by atoms with Crippen molar-refractivity contribution in [2.75, 3.05) is 26.4 Å². The first kappa shape index (κ1) is 93.9. The highest BCUT2D eigenvalue weighted by Gasteiger charge is 2.25. The van der Waals surface area contributed by atoms with Crippen molar-refractivity contribution in [2.45, 2.75) is 414 Å². The van der Waals surface area contributed by atoms with E-state index in [1.807, 2.05) is 0 Å². The number of hydrogen-bond acceptors (Lipinski definition) is 8. The van der Waals surface area contributed by atoms with E-state index in [0.29, 0.717) is 50.1 Å². The lowest BCUT2D eigenvalue weighted by Crippen LogP contribution is -2.19. The zero-order valence-corrected chi connectivity index (χ0v) is 68.0. The predicted octanol–water partition coefficient (Wildman–Crippen LogP) is 27.2. The molecule has 8 nitrogen and oxygen atoms in total. The van der Waals surface area contributed by atoms with Crippen molar-refractivity contribution >= 4 is 23.9 Å². The summed E-state index contributed by atoms with van der Waals surface area (Å²) in [5.74, 6) is 12.3. The zero-order valence-electron chi connectivity index (χ0n) is 68.0. The fourth-order valence-electron chi connectivity index (χ4n) is 15.8. The van der Waals surface area contributed by atoms with E-state index >= 15 is 0 Å². The molecule has 0 aliphatic heterocycles. The van der Waals surface area contributed by atoms with E-state index in [9.17, 15) is 19.2 Å². The Hall–Kier alpha value is -2.12. The van der Waals surface area contributed by atoms with Crippen molar-refractivity contribution in [3.63, 3.8) is 0 Å². The summed E-state index contributed by atoms with van der Waals surface area (Å²) in [6, 6.07) is 0. The quantitative estimate of drug-likeness (QED) is 0.0438. The van der Waals surface area contributed by atoms with Gasteiger partial charge in [0, 0.05) is 27.7 Å². The standard InChI is InChI=1S/C88H170O8/c1-68(31-20-33-70(3)40-26-47-78(11)59-63-93-83(16)89)37-23-44-75(8)53-56-82(15)88(58-55-77(10)46-25-39-73(6)43-29-50-81(14)62-66-96-86(19)92)67-87(52-30-51-74(7)36-22-35-72(5)42-28-49-80(13)61-65-95-85(18)91)57-54-76(9)45-24-38-69(2)32-21-34-71(4)41-27-48-79(12)60-64-94-84(17)90/h68-82,87-88H,20-67H2,1-19H3. The molecule has 0 aromatic carbocycles. The van der Waals surface area contributed by atoms with Gasteiger partial charge in [0.15, 0.2) is 0 Å². The molecule has 17 unspecified atom stereocenters. The van der Waals surface area contributed by atoms with Gasteiger partial charge in [-0.3, -0.25) is 19.2 Å². The van der Waals surface area contributed by atoms with Gasteiger partial charge in [-0.15, -0.1) is 0 Å². The van der Waals surface area contributed by atoms with Crippen LogP contribution in [0.15, 0.2) is 0 Å². The van der Waals surface area contributed by atoms with Gasteiger partial charge in [-0.25, -0.2) is 0 Å². The molecule has 0 saturated heterocycles. The Kier molecular flexibility index (Phi) is 60.2. The molecule has 0 fully saturated rings. The maximum absolute atomic E-state index is 11.3. The molecule has 570 valence electrons. The molecule has 0 aliphatic carbocycles. The fraction of sp³-hybridized carbons (Fsp3) is 0.955. The normalized spacial score (nSPS) is 17.3. The van der Waals surface area contributed by atoms with Crippen LogP contribution >= 0.6 is 0 Å². The van der Waals surface area contributed by atoms with Crippen LogP contribution in [-0.2, 0) is 38.1 Å². The Labute approximate surface area is 600 Å². The molecule has 0 saturated carbocycles. The minimum absolute atomic E-state index is 0.162. The fourth-order valence-corrected chi connectivity index (χ4v) is 15.8. The number of ether oxygens (including phenoxy) is 4. The summed E-state index contributed by atoms with van der Waals surface area (Å²) in [4.78, 5) is 44.8. The van der Waals surface area contributed by atoms with E-state index in [1.54, 1.807) is 0 Å². The number of hydrogen-bond donors (Lipinski definition) is 0. The summed E-state index contributed by atoms with van der Waals surface area (Å²) in [5, 5.41) is 0. The summed E-state index contributed by atoms with van der Waals surface area (Å²) in [7, 11) is 0. The number of rotatable bonds is 68. The summed E-state index contributed by atoms with van der Waals surface area (Å²) in [6.45, 7) is 45.5. The molecule has 0 aromatic heterocycles. The van der Waals surface area contributed by atoms with E-state index in [0.717, 1.165) is 103 Å². The van der Waals surface area contributed by atoms with Crippen molar-refractivity contribution in [1.82, 2.24) is 0 Å². The minimum Gasteiger partial charge on any atom is -0.466 e. The number of carbonyl (C=O) groups excluding carboxylic acids is 4. The van der Waals surface area contributed by atoms with Gasteiger partial charge in [-0.1, -0.05) is 348 Å². The Morgan fingerprint density at radius 2 is 0.365 bits per heavy atom. The third-order valence-electron chi connectivity index (χ3n) is 23.6. The van der Waals surface area contributed by atoms with E-state index < -0.39 is 0 Å². The van der Waals surface area contributed by atoms with Crippen LogP contribution in [0.3, 0.4) is 0 Å². The number of carbonyl (C=O) groups is 4. The van der Waals surface area contributed by atoms with Crippen LogP contribution in [0.25, 0.3) is 0 Å². The molecular weight excluding hydrogens is 1180 g/mol. The molecular formula is C88H170O8. The third kappa shape index (κ3) is 61.7. The minimum atomic E-state index is -0.162. The molecule has 17 atom stereocenters. The molecule has 0 aromatic rings. The van der Waals surface area contributed by atoms with Crippen molar-refractivity contribution < 1.29 is 38.1 Å². The summed E-state index contributed by atoms with van der Waals surface area (Å²) >= 11 is 0. The second-order valence-electron chi connectivity index (χ2n) is 34.8. The molecule has 0 heterocycles. The van der Waals surface area contributed by atoms with Gasteiger partial charge in [0.1, 0.15) is 0 Å². The van der Waals surface area contributed by atoms with Gasteiger partial charge in [0.05, 0.1) is 26.4 Å². The first-order valence-corrected chi connectivity index (χ1v) is 42.2. The highest BCUT2D eigenvalue weighted by molar-refractivity contribution is 5.66. The van der Waals surface area contributed by atoms with Crippen molar-refractivity contribution in [2.24, 2.45) is 101 Å². The zero-order chi connectivity index (χ0) is 71.9. The van der Waals surface area contributed by atoms with Gasteiger partial charge in [0.25, 0.3) is 0 Å². The van der Waals surface area contributed by atoms with Gasteiger partial charge >= 0.3 is 23.9 Å². The molecule has 0 spiro atoms. The maximum Gasteiger partial charge on any atom is 0.302 e. The molecule has 0 amide bonds. The first-order chi connectivity index (χ1) is 45.6. The molecule has 0 aliphatic rings. The van der Waals surface area contributed by atoms with Crippen LogP contribution in [-0.4, -0.2) is 50.3 Å². The Balaban J connectivity index is 5.88. The molecule has 96 heavy (non-hydrogen) atoms. The lowest BCUT2D eigenvalue weighted by molar-refractivity contribution is -0.142. The lowest BCUT2D eigenvalue weighted by Gasteiger charge is -2.31. The van der Waals surface area contributed by atoms with Crippen LogP contribution in [0.5, 0.6) is 0 Å². The Morgan fingerprint density at radius 3 is 0.573 bits per heavy atom. The van der Waals surface area contributed by atoms with E-state index in [2.05, 4.69) is 104 Å². The van der Waals surface area contributed by atoms with Gasteiger partial charge in [0.2, 0.25) is 0 Å². The monoisotopic (exact) mass is 1360 g/mol. The van der Waals surface area contributed by atoms with Crippen LogP contribution in [0.2, 0.25) is 0 Å².